The molecule has 5 heteroatoms. The van der Waals surface area contributed by atoms with Crippen molar-refractivity contribution in [3.63, 3.8) is 0 Å². The van der Waals surface area contributed by atoms with Crippen LogP contribution in [-0.4, -0.2) is 15.5 Å². The largest absolute Gasteiger partial charge is 0.399 e. The number of fused-ring (bicyclic) bond motifs is 3. The molecule has 0 atom stereocenters. The molecule has 0 radical (unpaired) electrons. The molecule has 2 heterocycles. The molecule has 0 bridgehead atoms. The van der Waals surface area contributed by atoms with E-state index in [0.29, 0.717) is 18.7 Å². The van der Waals surface area contributed by atoms with Crippen molar-refractivity contribution in [2.24, 2.45) is 0 Å². The summed E-state index contributed by atoms with van der Waals surface area (Å²) in [5, 5.41) is 0. The molecule has 0 saturated carbocycles. The van der Waals surface area contributed by atoms with E-state index in [4.69, 9.17) is 5.73 Å². The van der Waals surface area contributed by atoms with E-state index in [1.807, 2.05) is 53.1 Å². The van der Waals surface area contributed by atoms with Crippen molar-refractivity contribution < 1.29 is 4.79 Å². The van der Waals surface area contributed by atoms with Crippen LogP contribution in [0.3, 0.4) is 0 Å². The van der Waals surface area contributed by atoms with Crippen LogP contribution in [0, 0.1) is 0 Å². The monoisotopic (exact) mass is 304 g/mol. The first-order valence-corrected chi connectivity index (χ1v) is 7.48. The smallest absolute Gasteiger partial charge is 0.232 e. The zero-order chi connectivity index (χ0) is 15.8. The second-order valence-electron chi connectivity index (χ2n) is 5.65. The molecular weight excluding hydrogens is 288 g/mol. The van der Waals surface area contributed by atoms with Crippen LogP contribution in [0.25, 0.3) is 5.69 Å². The number of amides is 1. The Morgan fingerprint density at radius 3 is 2.74 bits per heavy atom. The Labute approximate surface area is 134 Å². The van der Waals surface area contributed by atoms with Crippen molar-refractivity contribution in [2.75, 3.05) is 10.6 Å². The minimum atomic E-state index is 0.0472. The van der Waals surface area contributed by atoms with Crippen molar-refractivity contribution in [2.45, 2.75) is 13.0 Å². The number of carbonyl (C=O) groups excluding carboxylic acids is 1. The number of imidazole rings is 1. The summed E-state index contributed by atoms with van der Waals surface area (Å²) in [7, 11) is 0. The van der Waals surface area contributed by atoms with E-state index < -0.39 is 0 Å². The predicted octanol–water partition coefficient (Wildman–Crippen LogP) is 2.54. The highest BCUT2D eigenvalue weighted by molar-refractivity contribution is 5.95. The first-order valence-electron chi connectivity index (χ1n) is 7.48. The Hall–Kier alpha value is -3.08. The number of nitrogen functional groups attached to an aromatic ring is 1. The molecule has 0 fully saturated rings. The molecule has 5 nitrogen and oxygen atoms in total. The highest BCUT2D eigenvalue weighted by atomic mass is 16.2. The zero-order valence-electron chi connectivity index (χ0n) is 12.5. The van der Waals surface area contributed by atoms with Crippen molar-refractivity contribution in [3.8, 4) is 5.69 Å². The number of hydrogen-bond donors (Lipinski definition) is 1. The topological polar surface area (TPSA) is 64.2 Å². The van der Waals surface area contributed by atoms with Gasteiger partial charge in [0.15, 0.2) is 0 Å². The number of carbonyl (C=O) groups is 1. The molecule has 2 aromatic carbocycles. The zero-order valence-corrected chi connectivity index (χ0v) is 12.5. The van der Waals surface area contributed by atoms with Gasteiger partial charge in [-0.15, -0.1) is 0 Å². The standard InChI is InChI=1S/C18H16N4O/c19-15-7-5-13(6-8-15)9-18(23)21-11-14-3-1-2-4-16(14)22-12-20-10-17(21)22/h1-8,10,12H,9,11,19H2. The lowest BCUT2D eigenvalue weighted by atomic mass is 10.1. The van der Waals surface area contributed by atoms with Crippen molar-refractivity contribution in [1.29, 1.82) is 0 Å². The third kappa shape index (κ3) is 2.36. The van der Waals surface area contributed by atoms with Gasteiger partial charge in [0.2, 0.25) is 5.91 Å². The van der Waals surface area contributed by atoms with Crippen LogP contribution in [0.15, 0.2) is 61.1 Å². The van der Waals surface area contributed by atoms with E-state index in [1.54, 1.807) is 17.4 Å². The normalized spacial score (nSPS) is 12.6. The van der Waals surface area contributed by atoms with Crippen LogP contribution in [0.4, 0.5) is 11.5 Å². The number of nitrogens with two attached hydrogens (primary N) is 1. The Morgan fingerprint density at radius 1 is 1.13 bits per heavy atom. The van der Waals surface area contributed by atoms with Crippen molar-refractivity contribution >= 4 is 17.4 Å². The van der Waals surface area contributed by atoms with Gasteiger partial charge < -0.3 is 5.73 Å². The van der Waals surface area contributed by atoms with E-state index in [-0.39, 0.29) is 5.91 Å². The Balaban J connectivity index is 1.65. The summed E-state index contributed by atoms with van der Waals surface area (Å²) in [5.41, 5.74) is 9.54. The van der Waals surface area contributed by atoms with Gasteiger partial charge >= 0.3 is 0 Å². The molecule has 0 aliphatic carbocycles. The molecule has 0 unspecified atom stereocenters. The molecule has 114 valence electrons. The molecule has 3 aromatic rings. The summed E-state index contributed by atoms with van der Waals surface area (Å²) in [4.78, 5) is 18.8. The maximum absolute atomic E-state index is 12.8. The maximum Gasteiger partial charge on any atom is 0.232 e. The van der Waals surface area contributed by atoms with Gasteiger partial charge in [0.05, 0.1) is 24.8 Å². The lowest BCUT2D eigenvalue weighted by molar-refractivity contribution is -0.118. The van der Waals surface area contributed by atoms with Gasteiger partial charge in [-0.05, 0) is 29.3 Å². The van der Waals surface area contributed by atoms with Crippen LogP contribution in [-0.2, 0) is 17.8 Å². The summed E-state index contributed by atoms with van der Waals surface area (Å²) in [6.07, 6.45) is 3.82. The first-order chi connectivity index (χ1) is 11.2. The quantitative estimate of drug-likeness (QED) is 0.740. The first kappa shape index (κ1) is 13.6. The fourth-order valence-corrected chi connectivity index (χ4v) is 2.93. The molecule has 0 saturated heterocycles. The minimum absolute atomic E-state index is 0.0472. The van der Waals surface area contributed by atoms with Crippen LogP contribution in [0.2, 0.25) is 0 Å². The van der Waals surface area contributed by atoms with Gasteiger partial charge in [-0.25, -0.2) is 4.98 Å². The van der Waals surface area contributed by atoms with E-state index in [1.165, 1.54) is 0 Å². The van der Waals surface area contributed by atoms with E-state index in [0.717, 1.165) is 22.6 Å². The van der Waals surface area contributed by atoms with Gasteiger partial charge in [0.1, 0.15) is 12.1 Å². The number of anilines is 2. The van der Waals surface area contributed by atoms with E-state index in [2.05, 4.69) is 4.98 Å². The third-order valence-electron chi connectivity index (χ3n) is 4.11. The number of benzene rings is 2. The molecule has 1 aliphatic heterocycles. The van der Waals surface area contributed by atoms with Gasteiger partial charge in [-0.2, -0.15) is 0 Å². The fourth-order valence-electron chi connectivity index (χ4n) is 2.93. The summed E-state index contributed by atoms with van der Waals surface area (Å²) in [5.74, 6) is 0.857. The maximum atomic E-state index is 12.8. The number of aromatic nitrogens is 2. The fraction of sp³-hybridized carbons (Fsp3) is 0.111. The molecule has 2 N–H and O–H groups in total. The van der Waals surface area contributed by atoms with Gasteiger partial charge in [0, 0.05) is 5.69 Å². The Bertz CT molecular complexity index is 867. The average molecular weight is 304 g/mol. The van der Waals surface area contributed by atoms with E-state index in [9.17, 15) is 4.79 Å². The predicted molar refractivity (Wildman–Crippen MR) is 89.3 cm³/mol. The molecule has 1 aliphatic rings. The molecule has 1 amide bonds. The Morgan fingerprint density at radius 2 is 1.91 bits per heavy atom. The molecule has 1 aromatic heterocycles. The molecular formula is C18H16N4O. The summed E-state index contributed by atoms with van der Waals surface area (Å²) in [6, 6.07) is 15.5. The summed E-state index contributed by atoms with van der Waals surface area (Å²) >= 11 is 0. The minimum Gasteiger partial charge on any atom is -0.399 e. The lowest BCUT2D eigenvalue weighted by Gasteiger charge is -2.29. The molecule has 23 heavy (non-hydrogen) atoms. The SMILES string of the molecule is Nc1ccc(CC(=O)N2Cc3ccccc3-n3cncc32)cc1. The van der Waals surface area contributed by atoms with Crippen LogP contribution >= 0.6 is 0 Å². The van der Waals surface area contributed by atoms with Crippen LogP contribution < -0.4 is 10.6 Å². The number of rotatable bonds is 2. The second kappa shape index (κ2) is 5.28. The third-order valence-corrected chi connectivity index (χ3v) is 4.11. The second-order valence-corrected chi connectivity index (χ2v) is 5.65. The van der Waals surface area contributed by atoms with Crippen molar-refractivity contribution in [1.82, 2.24) is 9.55 Å². The number of hydrogen-bond acceptors (Lipinski definition) is 3. The van der Waals surface area contributed by atoms with Gasteiger partial charge in [-0.1, -0.05) is 30.3 Å². The van der Waals surface area contributed by atoms with Crippen LogP contribution in [0.5, 0.6) is 0 Å². The molecule has 4 rings (SSSR count). The number of para-hydroxylation sites is 1. The molecule has 0 spiro atoms. The average Bonchev–Trinajstić information content (AvgIpc) is 3.06. The lowest BCUT2D eigenvalue weighted by Crippen LogP contribution is -2.36. The summed E-state index contributed by atoms with van der Waals surface area (Å²) in [6.45, 7) is 0.565. The van der Waals surface area contributed by atoms with Crippen molar-refractivity contribution in [3.05, 3.63) is 72.2 Å². The van der Waals surface area contributed by atoms with Gasteiger partial charge in [-0.3, -0.25) is 14.3 Å². The highest BCUT2D eigenvalue weighted by Gasteiger charge is 2.26. The number of nitrogens with zero attached hydrogens (tertiary/aromatic N) is 3. The van der Waals surface area contributed by atoms with E-state index >= 15 is 0 Å². The van der Waals surface area contributed by atoms with Crippen LogP contribution in [0.1, 0.15) is 11.1 Å². The van der Waals surface area contributed by atoms with Gasteiger partial charge in [0.25, 0.3) is 0 Å². The Kier molecular flexibility index (Phi) is 3.12. The highest BCUT2D eigenvalue weighted by Crippen LogP contribution is 2.30. The summed E-state index contributed by atoms with van der Waals surface area (Å²) < 4.78 is 1.96.